The highest BCUT2D eigenvalue weighted by atomic mass is 32.2. The minimum atomic E-state index is -1.07. The first kappa shape index (κ1) is 13.6. The average Bonchev–Trinajstić information content (AvgIpc) is 2.89. The molecule has 0 aliphatic heterocycles. The number of carboxylic acids is 1. The van der Waals surface area contributed by atoms with E-state index in [1.54, 1.807) is 0 Å². The summed E-state index contributed by atoms with van der Waals surface area (Å²) in [5, 5.41) is 8.93. The number of hydrogen-bond acceptors (Lipinski definition) is 3. The summed E-state index contributed by atoms with van der Waals surface area (Å²) in [7, 11) is 0. The number of carbonyl (C=O) groups is 1. The van der Waals surface area contributed by atoms with Crippen LogP contribution in [0.1, 0.15) is 16.2 Å². The molecule has 0 aliphatic carbocycles. The Labute approximate surface area is 124 Å². The van der Waals surface area contributed by atoms with E-state index in [0.717, 1.165) is 16.9 Å². The van der Waals surface area contributed by atoms with Crippen molar-refractivity contribution in [3.05, 3.63) is 59.7 Å². The quantitative estimate of drug-likeness (QED) is 0.721. The summed E-state index contributed by atoms with van der Waals surface area (Å²) in [5.74, 6) is -0.336. The van der Waals surface area contributed by atoms with Gasteiger partial charge in [0.1, 0.15) is 11.6 Å². The van der Waals surface area contributed by atoms with Crippen molar-refractivity contribution >= 4 is 28.8 Å². The Morgan fingerprint density at radius 3 is 2.86 bits per heavy atom. The zero-order valence-electron chi connectivity index (χ0n) is 10.8. The van der Waals surface area contributed by atoms with Crippen molar-refractivity contribution in [3.63, 3.8) is 0 Å². The van der Waals surface area contributed by atoms with E-state index >= 15 is 0 Å². The van der Waals surface area contributed by atoms with Crippen LogP contribution in [0.4, 0.5) is 4.39 Å². The van der Waals surface area contributed by atoms with Gasteiger partial charge in [0.05, 0.1) is 22.3 Å². The van der Waals surface area contributed by atoms with E-state index in [0.29, 0.717) is 10.6 Å². The summed E-state index contributed by atoms with van der Waals surface area (Å²) < 4.78 is 13.7. The van der Waals surface area contributed by atoms with Crippen molar-refractivity contribution in [2.24, 2.45) is 0 Å². The highest BCUT2D eigenvalue weighted by molar-refractivity contribution is 7.98. The van der Waals surface area contributed by atoms with Crippen molar-refractivity contribution in [2.75, 3.05) is 0 Å². The molecule has 6 heteroatoms. The number of aromatic nitrogens is 2. The number of rotatable bonds is 4. The van der Waals surface area contributed by atoms with E-state index in [1.165, 1.54) is 30.0 Å². The van der Waals surface area contributed by atoms with E-state index in [2.05, 4.69) is 9.97 Å². The Balaban J connectivity index is 1.80. The van der Waals surface area contributed by atoms with Gasteiger partial charge in [0, 0.05) is 4.90 Å². The van der Waals surface area contributed by atoms with Crippen LogP contribution < -0.4 is 0 Å². The zero-order chi connectivity index (χ0) is 14.8. The number of hydrogen-bond donors (Lipinski definition) is 2. The van der Waals surface area contributed by atoms with Gasteiger partial charge >= 0.3 is 5.97 Å². The second kappa shape index (κ2) is 5.57. The van der Waals surface area contributed by atoms with Gasteiger partial charge in [-0.15, -0.1) is 11.8 Å². The summed E-state index contributed by atoms with van der Waals surface area (Å²) >= 11 is 1.21. The molecule has 1 heterocycles. The minimum absolute atomic E-state index is 0.0727. The molecule has 0 bridgehead atoms. The summed E-state index contributed by atoms with van der Waals surface area (Å²) in [6, 6.07) is 11.4. The van der Waals surface area contributed by atoms with Crippen LogP contribution in [0, 0.1) is 5.82 Å². The maximum atomic E-state index is 13.7. The van der Waals surface area contributed by atoms with Crippen LogP contribution >= 0.6 is 11.8 Å². The molecule has 0 spiro atoms. The topological polar surface area (TPSA) is 66.0 Å². The van der Waals surface area contributed by atoms with Gasteiger partial charge in [-0.3, -0.25) is 0 Å². The number of nitrogens with zero attached hydrogens (tertiary/aromatic N) is 1. The molecular formula is C15H11FN2O2S. The third-order valence-corrected chi connectivity index (χ3v) is 4.02. The number of aromatic amines is 1. The number of thioether (sulfide) groups is 1. The van der Waals surface area contributed by atoms with Crippen LogP contribution in [0.5, 0.6) is 0 Å². The number of fused-ring (bicyclic) bond motifs is 1. The van der Waals surface area contributed by atoms with Crippen molar-refractivity contribution < 1.29 is 14.3 Å². The summed E-state index contributed by atoms with van der Waals surface area (Å²) in [5.41, 5.74) is 1.85. The number of halogens is 1. The number of H-pyrrole nitrogens is 1. The normalized spacial score (nSPS) is 10.9. The predicted octanol–water partition coefficient (Wildman–Crippen LogP) is 3.69. The van der Waals surface area contributed by atoms with Gasteiger partial charge < -0.3 is 10.1 Å². The van der Waals surface area contributed by atoms with E-state index in [1.807, 2.05) is 24.3 Å². The number of benzene rings is 2. The molecule has 1 aromatic heterocycles. The monoisotopic (exact) mass is 302 g/mol. The first-order valence-electron chi connectivity index (χ1n) is 6.23. The number of nitrogens with one attached hydrogen (secondary N) is 1. The van der Waals surface area contributed by atoms with Gasteiger partial charge in [0.2, 0.25) is 0 Å². The summed E-state index contributed by atoms with van der Waals surface area (Å²) in [6.07, 6.45) is 0. The van der Waals surface area contributed by atoms with Crippen LogP contribution in [0.3, 0.4) is 0 Å². The Kier molecular flexibility index (Phi) is 3.62. The highest BCUT2D eigenvalue weighted by Gasteiger charge is 2.10. The molecule has 0 unspecified atom stereocenters. The van der Waals surface area contributed by atoms with Crippen molar-refractivity contribution in [1.29, 1.82) is 0 Å². The van der Waals surface area contributed by atoms with Crippen LogP contribution in [-0.4, -0.2) is 21.0 Å². The van der Waals surface area contributed by atoms with Gasteiger partial charge in [0.25, 0.3) is 0 Å². The molecule has 21 heavy (non-hydrogen) atoms. The maximum Gasteiger partial charge on any atom is 0.335 e. The van der Waals surface area contributed by atoms with Gasteiger partial charge in [-0.05, 0) is 30.3 Å². The average molecular weight is 302 g/mol. The van der Waals surface area contributed by atoms with Crippen molar-refractivity contribution in [3.8, 4) is 0 Å². The lowest BCUT2D eigenvalue weighted by atomic mass is 10.2. The number of carboxylic acid groups (broad SMARTS) is 1. The lowest BCUT2D eigenvalue weighted by molar-refractivity contribution is 0.0696. The second-order valence-corrected chi connectivity index (χ2v) is 5.46. The van der Waals surface area contributed by atoms with Gasteiger partial charge in [0.15, 0.2) is 0 Å². The first-order chi connectivity index (χ1) is 10.1. The van der Waals surface area contributed by atoms with E-state index in [9.17, 15) is 9.18 Å². The number of para-hydroxylation sites is 2. The third kappa shape index (κ3) is 2.90. The van der Waals surface area contributed by atoms with Crippen molar-refractivity contribution in [2.45, 2.75) is 10.6 Å². The van der Waals surface area contributed by atoms with Crippen molar-refractivity contribution in [1.82, 2.24) is 9.97 Å². The number of imidazole rings is 1. The Hall–Kier alpha value is -2.34. The fraction of sp³-hybridized carbons (Fsp3) is 0.0667. The first-order valence-corrected chi connectivity index (χ1v) is 7.21. The van der Waals surface area contributed by atoms with Gasteiger partial charge in [-0.1, -0.05) is 12.1 Å². The predicted molar refractivity (Wildman–Crippen MR) is 79.0 cm³/mol. The fourth-order valence-electron chi connectivity index (χ4n) is 1.97. The SMILES string of the molecule is O=C(O)c1ccc(F)c(SCc2nc3ccccc3[nH]2)c1. The molecule has 0 atom stereocenters. The maximum absolute atomic E-state index is 13.7. The molecule has 0 radical (unpaired) electrons. The molecule has 3 aromatic rings. The molecule has 3 rings (SSSR count). The highest BCUT2D eigenvalue weighted by Crippen LogP contribution is 2.26. The lowest BCUT2D eigenvalue weighted by Gasteiger charge is -2.03. The molecule has 0 amide bonds. The molecule has 0 aliphatic rings. The third-order valence-electron chi connectivity index (χ3n) is 2.98. The summed E-state index contributed by atoms with van der Waals surface area (Å²) in [6.45, 7) is 0. The van der Waals surface area contributed by atoms with E-state index in [4.69, 9.17) is 5.11 Å². The second-order valence-electron chi connectivity index (χ2n) is 4.44. The Morgan fingerprint density at radius 2 is 2.10 bits per heavy atom. The largest absolute Gasteiger partial charge is 0.478 e. The molecule has 106 valence electrons. The van der Waals surface area contributed by atoms with Crippen LogP contribution in [0.2, 0.25) is 0 Å². The van der Waals surface area contributed by atoms with Crippen LogP contribution in [-0.2, 0) is 5.75 Å². The number of aromatic carboxylic acids is 1. The van der Waals surface area contributed by atoms with Crippen LogP contribution in [0.25, 0.3) is 11.0 Å². The van der Waals surface area contributed by atoms with Gasteiger partial charge in [-0.2, -0.15) is 0 Å². The van der Waals surface area contributed by atoms with Crippen LogP contribution in [0.15, 0.2) is 47.4 Å². The molecule has 2 N–H and O–H groups in total. The van der Waals surface area contributed by atoms with Gasteiger partial charge in [-0.25, -0.2) is 14.2 Å². The standard InChI is InChI=1S/C15H11FN2O2S/c16-10-6-5-9(15(19)20)7-13(10)21-8-14-17-11-3-1-2-4-12(11)18-14/h1-7H,8H2,(H,17,18)(H,19,20). The minimum Gasteiger partial charge on any atom is -0.478 e. The molecule has 4 nitrogen and oxygen atoms in total. The summed E-state index contributed by atoms with van der Waals surface area (Å²) in [4.78, 5) is 18.8. The molecule has 0 saturated heterocycles. The van der Waals surface area contributed by atoms with E-state index in [-0.39, 0.29) is 5.56 Å². The fourth-order valence-corrected chi connectivity index (χ4v) is 2.81. The molecule has 0 fully saturated rings. The van der Waals surface area contributed by atoms with E-state index < -0.39 is 11.8 Å². The Bertz CT molecular complexity index is 783. The smallest absolute Gasteiger partial charge is 0.335 e. The lowest BCUT2D eigenvalue weighted by Crippen LogP contribution is -1.97. The zero-order valence-corrected chi connectivity index (χ0v) is 11.7. The molecule has 2 aromatic carbocycles. The molecule has 0 saturated carbocycles. The Morgan fingerprint density at radius 1 is 1.29 bits per heavy atom. The molecular weight excluding hydrogens is 291 g/mol.